The van der Waals surface area contributed by atoms with Crippen LogP contribution < -0.4 is 10.6 Å². The van der Waals surface area contributed by atoms with E-state index < -0.39 is 0 Å². The minimum Gasteiger partial charge on any atom is -0.395 e. The molecule has 1 fully saturated rings. The molecule has 1 aliphatic carbocycles. The maximum Gasteiger partial charge on any atom is 0.319 e. The molecule has 2 rings (SSSR count). The monoisotopic (exact) mass is 286 g/mol. The van der Waals surface area contributed by atoms with Crippen LogP contribution in [0.15, 0.2) is 24.3 Å². The van der Waals surface area contributed by atoms with E-state index >= 15 is 0 Å². The molecule has 0 aliphatic heterocycles. The molecule has 0 aromatic heterocycles. The largest absolute Gasteiger partial charge is 0.395 e. The van der Waals surface area contributed by atoms with Crippen molar-refractivity contribution in [1.29, 1.82) is 0 Å². The van der Waals surface area contributed by atoms with Crippen molar-refractivity contribution in [1.82, 2.24) is 5.32 Å². The molecule has 0 atom stereocenters. The van der Waals surface area contributed by atoms with E-state index in [4.69, 9.17) is 5.11 Å². The van der Waals surface area contributed by atoms with Crippen molar-refractivity contribution >= 4 is 11.7 Å². The van der Waals surface area contributed by atoms with Crippen molar-refractivity contribution in [3.63, 3.8) is 0 Å². The summed E-state index contributed by atoms with van der Waals surface area (Å²) < 4.78 is 0. The third kappa shape index (κ3) is 5.49. The van der Waals surface area contributed by atoms with E-state index in [-0.39, 0.29) is 12.6 Å². The zero-order chi connectivity index (χ0) is 14.9. The maximum absolute atomic E-state index is 12.0. The van der Waals surface area contributed by atoms with E-state index in [0.29, 0.717) is 12.5 Å². The molecule has 1 aromatic carbocycles. The number of nitrogens with one attached hydrogen (secondary N) is 2. The Hall–Kier alpha value is -1.99. The van der Waals surface area contributed by atoms with E-state index in [0.717, 1.165) is 24.1 Å². The number of carbonyl (C=O) groups excluding carboxylic acids is 1. The Morgan fingerprint density at radius 1 is 1.29 bits per heavy atom. The lowest BCUT2D eigenvalue weighted by Gasteiger charge is -2.22. The summed E-state index contributed by atoms with van der Waals surface area (Å²) >= 11 is 0. The van der Waals surface area contributed by atoms with Gasteiger partial charge in [-0.3, -0.25) is 0 Å². The SMILES string of the molecule is O=C(Nc1cccc(C#CCCO)c1)NC1CCCCC1. The number of amides is 2. The van der Waals surface area contributed by atoms with Crippen LogP contribution >= 0.6 is 0 Å². The van der Waals surface area contributed by atoms with Gasteiger partial charge in [0.1, 0.15) is 0 Å². The molecule has 112 valence electrons. The Bertz CT molecular complexity index is 525. The summed E-state index contributed by atoms with van der Waals surface area (Å²) in [7, 11) is 0. The highest BCUT2D eigenvalue weighted by Crippen LogP contribution is 2.17. The number of rotatable bonds is 3. The molecule has 21 heavy (non-hydrogen) atoms. The van der Waals surface area contributed by atoms with Crippen LogP contribution in [0.4, 0.5) is 10.5 Å². The Balaban J connectivity index is 1.88. The topological polar surface area (TPSA) is 61.4 Å². The van der Waals surface area contributed by atoms with Crippen molar-refractivity contribution in [2.75, 3.05) is 11.9 Å². The maximum atomic E-state index is 12.0. The van der Waals surface area contributed by atoms with Crippen LogP contribution in [0, 0.1) is 11.8 Å². The standard InChI is InChI=1S/C17H22N2O2/c20-12-5-4-7-14-8-6-11-16(13-14)19-17(21)18-15-9-2-1-3-10-15/h6,8,11,13,15,20H,1-3,5,9-10,12H2,(H2,18,19,21). The molecule has 1 aromatic rings. The number of urea groups is 1. The van der Waals surface area contributed by atoms with Crippen LogP contribution in [0.25, 0.3) is 0 Å². The molecule has 2 amide bonds. The van der Waals surface area contributed by atoms with Crippen LogP contribution in [0.2, 0.25) is 0 Å². The third-order valence-electron chi connectivity index (χ3n) is 3.53. The van der Waals surface area contributed by atoms with E-state index in [1.54, 1.807) is 0 Å². The number of aliphatic hydroxyl groups is 1. The number of benzene rings is 1. The first-order valence-electron chi connectivity index (χ1n) is 7.55. The first-order valence-corrected chi connectivity index (χ1v) is 7.55. The van der Waals surface area contributed by atoms with Gasteiger partial charge in [0.15, 0.2) is 0 Å². The van der Waals surface area contributed by atoms with Crippen LogP contribution in [0.3, 0.4) is 0 Å². The van der Waals surface area contributed by atoms with Crippen molar-refractivity contribution < 1.29 is 9.90 Å². The second-order valence-electron chi connectivity index (χ2n) is 5.29. The molecule has 4 heteroatoms. The van der Waals surface area contributed by atoms with Gasteiger partial charge in [-0.1, -0.05) is 37.2 Å². The molecule has 0 spiro atoms. The molecule has 1 saturated carbocycles. The molecule has 4 nitrogen and oxygen atoms in total. The average Bonchev–Trinajstić information content (AvgIpc) is 2.49. The minimum absolute atomic E-state index is 0.0642. The van der Waals surface area contributed by atoms with Crippen LogP contribution in [-0.4, -0.2) is 23.8 Å². The Morgan fingerprint density at radius 3 is 2.86 bits per heavy atom. The zero-order valence-corrected chi connectivity index (χ0v) is 12.2. The number of anilines is 1. The third-order valence-corrected chi connectivity index (χ3v) is 3.53. The molecule has 0 saturated heterocycles. The summed E-state index contributed by atoms with van der Waals surface area (Å²) in [5.74, 6) is 5.83. The van der Waals surface area contributed by atoms with Crippen LogP contribution in [-0.2, 0) is 0 Å². The van der Waals surface area contributed by atoms with Gasteiger partial charge in [-0.15, -0.1) is 0 Å². The lowest BCUT2D eigenvalue weighted by molar-refractivity contribution is 0.244. The van der Waals surface area contributed by atoms with Gasteiger partial charge in [0.2, 0.25) is 0 Å². The molecule has 1 aliphatic rings. The summed E-state index contributed by atoms with van der Waals surface area (Å²) in [5, 5.41) is 14.6. The highest BCUT2D eigenvalue weighted by molar-refractivity contribution is 5.89. The minimum atomic E-state index is -0.151. The van der Waals surface area contributed by atoms with Gasteiger partial charge in [0.25, 0.3) is 0 Å². The predicted octanol–water partition coefficient (Wildman–Crippen LogP) is 2.87. The van der Waals surface area contributed by atoms with Crippen molar-refractivity contribution in [2.45, 2.75) is 44.6 Å². The molecule has 3 N–H and O–H groups in total. The van der Waals surface area contributed by atoms with Crippen molar-refractivity contribution in [3.8, 4) is 11.8 Å². The molecule has 0 unspecified atom stereocenters. The van der Waals surface area contributed by atoms with Crippen LogP contribution in [0.1, 0.15) is 44.1 Å². The smallest absolute Gasteiger partial charge is 0.319 e. The van der Waals surface area contributed by atoms with Crippen LogP contribution in [0.5, 0.6) is 0 Å². The summed E-state index contributed by atoms with van der Waals surface area (Å²) in [4.78, 5) is 12.0. The predicted molar refractivity (Wildman–Crippen MR) is 84.1 cm³/mol. The van der Waals surface area contributed by atoms with E-state index in [1.807, 2.05) is 24.3 Å². The fourth-order valence-electron chi connectivity index (χ4n) is 2.49. The fraction of sp³-hybridized carbons (Fsp3) is 0.471. The summed E-state index contributed by atoms with van der Waals surface area (Å²) in [6, 6.07) is 7.57. The quantitative estimate of drug-likeness (QED) is 0.748. The van der Waals surface area contributed by atoms with Gasteiger partial charge < -0.3 is 15.7 Å². The van der Waals surface area contributed by atoms with Gasteiger partial charge in [0.05, 0.1) is 6.61 Å². The molecular weight excluding hydrogens is 264 g/mol. The van der Waals surface area contributed by atoms with E-state index in [2.05, 4.69) is 22.5 Å². The Labute approximate surface area is 125 Å². The highest BCUT2D eigenvalue weighted by atomic mass is 16.2. The number of aliphatic hydroxyl groups excluding tert-OH is 1. The average molecular weight is 286 g/mol. The van der Waals surface area contributed by atoms with Crippen molar-refractivity contribution in [2.24, 2.45) is 0 Å². The Morgan fingerprint density at radius 2 is 2.10 bits per heavy atom. The fourth-order valence-corrected chi connectivity index (χ4v) is 2.49. The molecule has 0 heterocycles. The number of carbonyl (C=O) groups is 1. The van der Waals surface area contributed by atoms with E-state index in [1.165, 1.54) is 19.3 Å². The molecule has 0 bridgehead atoms. The van der Waals surface area contributed by atoms with Gasteiger partial charge in [-0.05, 0) is 31.0 Å². The summed E-state index contributed by atoms with van der Waals surface area (Å²) in [5.41, 5.74) is 1.57. The van der Waals surface area contributed by atoms with Gasteiger partial charge in [0, 0.05) is 23.7 Å². The first-order chi connectivity index (χ1) is 10.3. The van der Waals surface area contributed by atoms with Gasteiger partial charge in [-0.2, -0.15) is 0 Å². The lowest BCUT2D eigenvalue weighted by Crippen LogP contribution is -2.39. The second kappa shape index (κ2) is 8.33. The first kappa shape index (κ1) is 15.4. The summed E-state index contributed by atoms with van der Waals surface area (Å²) in [6.07, 6.45) is 6.26. The normalized spacial score (nSPS) is 14.9. The second-order valence-corrected chi connectivity index (χ2v) is 5.29. The molecule has 0 radical (unpaired) electrons. The molecular formula is C17H22N2O2. The number of hydrogen-bond acceptors (Lipinski definition) is 2. The Kier molecular flexibility index (Phi) is 6.11. The zero-order valence-electron chi connectivity index (χ0n) is 12.2. The lowest BCUT2D eigenvalue weighted by atomic mass is 9.96. The van der Waals surface area contributed by atoms with Gasteiger partial charge >= 0.3 is 6.03 Å². The van der Waals surface area contributed by atoms with E-state index in [9.17, 15) is 4.79 Å². The van der Waals surface area contributed by atoms with Crippen molar-refractivity contribution in [3.05, 3.63) is 29.8 Å². The number of hydrogen-bond donors (Lipinski definition) is 3. The highest BCUT2D eigenvalue weighted by Gasteiger charge is 2.15. The summed E-state index contributed by atoms with van der Waals surface area (Å²) in [6.45, 7) is 0.0642. The van der Waals surface area contributed by atoms with Gasteiger partial charge in [-0.25, -0.2) is 4.79 Å².